The zero-order valence-electron chi connectivity index (χ0n) is 13.9. The van der Waals surface area contributed by atoms with E-state index >= 15 is 0 Å². The Kier molecular flexibility index (Phi) is 6.43. The Balaban J connectivity index is 2.21. The minimum absolute atomic E-state index is 0.249. The molecule has 0 aliphatic carbocycles. The molecule has 2 unspecified atom stereocenters. The highest BCUT2D eigenvalue weighted by Gasteiger charge is 2.27. The van der Waals surface area contributed by atoms with E-state index in [2.05, 4.69) is 5.32 Å². The number of carboxylic acids is 1. The Labute approximate surface area is 140 Å². The first-order chi connectivity index (χ1) is 11.5. The standard InChI is InChI=1S/C17H23NO6/c1-22-11-6-7-12(15(9-11)23-2)13(10-16(19)20)18-17(21)14-5-3-4-8-24-14/h6-7,9,13-14H,3-5,8,10H2,1-2H3,(H,18,21)(H,19,20). The monoisotopic (exact) mass is 337 g/mol. The van der Waals surface area contributed by atoms with Crippen LogP contribution in [0.3, 0.4) is 0 Å². The minimum Gasteiger partial charge on any atom is -0.497 e. The molecule has 1 aromatic rings. The lowest BCUT2D eigenvalue weighted by atomic mass is 10.0. The normalized spacial score (nSPS) is 18.5. The third-order valence-corrected chi connectivity index (χ3v) is 3.98. The molecular formula is C17H23NO6. The number of hydrogen-bond donors (Lipinski definition) is 2. The summed E-state index contributed by atoms with van der Waals surface area (Å²) in [6.45, 7) is 0.549. The average Bonchev–Trinajstić information content (AvgIpc) is 2.60. The summed E-state index contributed by atoms with van der Waals surface area (Å²) in [4.78, 5) is 23.6. The quantitative estimate of drug-likeness (QED) is 0.789. The summed E-state index contributed by atoms with van der Waals surface area (Å²) in [6, 6.07) is 4.36. The summed E-state index contributed by atoms with van der Waals surface area (Å²) in [5.74, 6) is -0.251. The molecule has 2 N–H and O–H groups in total. The fourth-order valence-corrected chi connectivity index (χ4v) is 2.73. The molecule has 2 rings (SSSR count). The van der Waals surface area contributed by atoms with Gasteiger partial charge >= 0.3 is 5.97 Å². The highest BCUT2D eigenvalue weighted by molar-refractivity contribution is 5.82. The van der Waals surface area contributed by atoms with Crippen LogP contribution in [-0.4, -0.2) is 43.9 Å². The van der Waals surface area contributed by atoms with E-state index in [9.17, 15) is 14.7 Å². The van der Waals surface area contributed by atoms with Crippen molar-refractivity contribution in [2.75, 3.05) is 20.8 Å². The van der Waals surface area contributed by atoms with E-state index in [0.717, 1.165) is 12.8 Å². The molecule has 7 heteroatoms. The Hall–Kier alpha value is -2.28. The number of ether oxygens (including phenoxy) is 3. The molecule has 24 heavy (non-hydrogen) atoms. The first-order valence-corrected chi connectivity index (χ1v) is 7.91. The van der Waals surface area contributed by atoms with Crippen LogP contribution in [0, 0.1) is 0 Å². The van der Waals surface area contributed by atoms with Crippen molar-refractivity contribution in [2.24, 2.45) is 0 Å². The van der Waals surface area contributed by atoms with Gasteiger partial charge in [-0.1, -0.05) is 0 Å². The van der Waals surface area contributed by atoms with E-state index in [1.807, 2.05) is 0 Å². The van der Waals surface area contributed by atoms with Gasteiger partial charge in [-0.05, 0) is 31.4 Å². The van der Waals surface area contributed by atoms with E-state index in [4.69, 9.17) is 14.2 Å². The van der Waals surface area contributed by atoms with E-state index < -0.39 is 18.1 Å². The van der Waals surface area contributed by atoms with Crippen LogP contribution in [0.4, 0.5) is 0 Å². The first-order valence-electron chi connectivity index (χ1n) is 7.91. The maximum absolute atomic E-state index is 12.4. The SMILES string of the molecule is COc1ccc(C(CC(=O)O)NC(=O)C2CCCCO2)c(OC)c1. The zero-order valence-corrected chi connectivity index (χ0v) is 13.9. The molecule has 1 amide bonds. The van der Waals surface area contributed by atoms with Gasteiger partial charge in [-0.2, -0.15) is 0 Å². The number of carboxylic acid groups (broad SMARTS) is 1. The van der Waals surface area contributed by atoms with Crippen LogP contribution >= 0.6 is 0 Å². The van der Waals surface area contributed by atoms with E-state index in [0.29, 0.717) is 30.1 Å². The van der Waals surface area contributed by atoms with Gasteiger partial charge in [-0.3, -0.25) is 9.59 Å². The molecule has 1 heterocycles. The molecule has 1 fully saturated rings. The minimum atomic E-state index is -1.01. The molecule has 1 aliphatic rings. The van der Waals surface area contributed by atoms with Crippen LogP contribution in [0.15, 0.2) is 18.2 Å². The van der Waals surface area contributed by atoms with Crippen molar-refractivity contribution in [3.63, 3.8) is 0 Å². The van der Waals surface area contributed by atoms with Crippen molar-refractivity contribution in [3.05, 3.63) is 23.8 Å². The van der Waals surface area contributed by atoms with E-state index in [-0.39, 0.29) is 12.3 Å². The van der Waals surface area contributed by atoms with E-state index in [1.54, 1.807) is 18.2 Å². The lowest BCUT2D eigenvalue weighted by Crippen LogP contribution is -2.40. The number of amides is 1. The lowest BCUT2D eigenvalue weighted by Gasteiger charge is -2.25. The molecule has 0 aromatic heterocycles. The summed E-state index contributed by atoms with van der Waals surface area (Å²) in [5, 5.41) is 12.0. The lowest BCUT2D eigenvalue weighted by molar-refractivity contribution is -0.139. The van der Waals surface area contributed by atoms with Crippen LogP contribution in [-0.2, 0) is 14.3 Å². The molecule has 1 aliphatic heterocycles. The number of methoxy groups -OCH3 is 2. The summed E-state index contributed by atoms with van der Waals surface area (Å²) in [6.07, 6.45) is 1.73. The highest BCUT2D eigenvalue weighted by atomic mass is 16.5. The summed E-state index contributed by atoms with van der Waals surface area (Å²) in [7, 11) is 3.02. The zero-order chi connectivity index (χ0) is 17.5. The largest absolute Gasteiger partial charge is 0.497 e. The van der Waals surface area contributed by atoms with Gasteiger partial charge in [0, 0.05) is 18.2 Å². The number of carbonyl (C=O) groups excluding carboxylic acids is 1. The number of benzene rings is 1. The van der Waals surface area contributed by atoms with Gasteiger partial charge < -0.3 is 24.6 Å². The molecule has 132 valence electrons. The Morgan fingerprint density at radius 3 is 2.71 bits per heavy atom. The summed E-state index contributed by atoms with van der Waals surface area (Å²) in [5.41, 5.74) is 0.588. The smallest absolute Gasteiger partial charge is 0.305 e. The summed E-state index contributed by atoms with van der Waals surface area (Å²) >= 11 is 0. The molecule has 2 atom stereocenters. The van der Waals surface area contributed by atoms with Gasteiger partial charge in [0.2, 0.25) is 5.91 Å². The highest BCUT2D eigenvalue weighted by Crippen LogP contribution is 2.31. The number of hydrogen-bond acceptors (Lipinski definition) is 5. The fourth-order valence-electron chi connectivity index (χ4n) is 2.73. The molecule has 0 saturated carbocycles. The number of nitrogens with one attached hydrogen (secondary N) is 1. The molecule has 1 saturated heterocycles. The van der Waals surface area contributed by atoms with Crippen molar-refractivity contribution in [2.45, 2.75) is 37.8 Å². The first kappa shape index (κ1) is 18.1. The second kappa shape index (κ2) is 8.54. The van der Waals surface area contributed by atoms with Crippen LogP contribution in [0.2, 0.25) is 0 Å². The predicted octanol–water partition coefficient (Wildman–Crippen LogP) is 1.90. The van der Waals surface area contributed by atoms with Crippen molar-refractivity contribution in [1.82, 2.24) is 5.32 Å². The maximum Gasteiger partial charge on any atom is 0.305 e. The van der Waals surface area contributed by atoms with Gasteiger partial charge in [-0.15, -0.1) is 0 Å². The summed E-state index contributed by atoms with van der Waals surface area (Å²) < 4.78 is 15.9. The van der Waals surface area contributed by atoms with Gasteiger partial charge in [0.05, 0.1) is 26.7 Å². The number of aliphatic carboxylic acids is 1. The van der Waals surface area contributed by atoms with Gasteiger partial charge in [-0.25, -0.2) is 0 Å². The number of carbonyl (C=O) groups is 2. The maximum atomic E-state index is 12.4. The van der Waals surface area contributed by atoms with Crippen LogP contribution in [0.5, 0.6) is 11.5 Å². The molecule has 0 bridgehead atoms. The predicted molar refractivity (Wildman–Crippen MR) is 86.3 cm³/mol. The molecular weight excluding hydrogens is 314 g/mol. The Morgan fingerprint density at radius 1 is 1.33 bits per heavy atom. The van der Waals surface area contributed by atoms with Crippen LogP contribution in [0.1, 0.15) is 37.3 Å². The molecule has 0 radical (unpaired) electrons. The Bertz CT molecular complexity index is 582. The van der Waals surface area contributed by atoms with Crippen LogP contribution < -0.4 is 14.8 Å². The third-order valence-electron chi connectivity index (χ3n) is 3.98. The second-order valence-electron chi connectivity index (χ2n) is 5.62. The van der Waals surface area contributed by atoms with Crippen LogP contribution in [0.25, 0.3) is 0 Å². The van der Waals surface area contributed by atoms with Gasteiger partial charge in [0.15, 0.2) is 0 Å². The van der Waals surface area contributed by atoms with Crippen molar-refractivity contribution < 1.29 is 28.9 Å². The van der Waals surface area contributed by atoms with Crippen molar-refractivity contribution in [3.8, 4) is 11.5 Å². The Morgan fingerprint density at radius 2 is 2.12 bits per heavy atom. The second-order valence-corrected chi connectivity index (χ2v) is 5.62. The molecule has 0 spiro atoms. The topological polar surface area (TPSA) is 94.1 Å². The number of rotatable bonds is 7. The average molecular weight is 337 g/mol. The molecule has 7 nitrogen and oxygen atoms in total. The third kappa shape index (κ3) is 4.61. The fraction of sp³-hybridized carbons (Fsp3) is 0.529. The van der Waals surface area contributed by atoms with Gasteiger partial charge in [0.25, 0.3) is 0 Å². The van der Waals surface area contributed by atoms with Gasteiger partial charge in [0.1, 0.15) is 17.6 Å². The molecule has 1 aromatic carbocycles. The van der Waals surface area contributed by atoms with Crippen molar-refractivity contribution >= 4 is 11.9 Å². The van der Waals surface area contributed by atoms with E-state index in [1.165, 1.54) is 14.2 Å². The van der Waals surface area contributed by atoms with Crippen molar-refractivity contribution in [1.29, 1.82) is 0 Å².